The van der Waals surface area contributed by atoms with Gasteiger partial charge >= 0.3 is 5.97 Å². The Bertz CT molecular complexity index is 217. The third-order valence-electron chi connectivity index (χ3n) is 2.69. The van der Waals surface area contributed by atoms with Crippen LogP contribution in [0.4, 0.5) is 0 Å². The van der Waals surface area contributed by atoms with Gasteiger partial charge < -0.3 is 10.4 Å². The molecule has 1 amide bonds. The lowest BCUT2D eigenvalue weighted by atomic mass is 10.1. The minimum Gasteiger partial charge on any atom is -0.480 e. The lowest BCUT2D eigenvalue weighted by Gasteiger charge is -2.02. The number of carboxylic acid groups (broad SMARTS) is 1. The van der Waals surface area contributed by atoms with Gasteiger partial charge in [-0.2, -0.15) is 0 Å². The van der Waals surface area contributed by atoms with E-state index in [9.17, 15) is 9.59 Å². The van der Waals surface area contributed by atoms with Gasteiger partial charge in [-0.25, -0.2) is 0 Å². The number of carbonyl (C=O) groups excluding carboxylic acids is 1. The molecule has 100 valence electrons. The Morgan fingerprint density at radius 2 is 1.47 bits per heavy atom. The molecular weight excluding hydrogens is 218 g/mol. The smallest absolute Gasteiger partial charge is 0.322 e. The average molecular weight is 243 g/mol. The largest absolute Gasteiger partial charge is 0.480 e. The molecule has 0 aromatic heterocycles. The monoisotopic (exact) mass is 243 g/mol. The van der Waals surface area contributed by atoms with Crippen molar-refractivity contribution in [3.05, 3.63) is 0 Å². The minimum absolute atomic E-state index is 0.154. The molecule has 0 atom stereocenters. The summed E-state index contributed by atoms with van der Waals surface area (Å²) in [4.78, 5) is 21.3. The summed E-state index contributed by atoms with van der Waals surface area (Å²) in [7, 11) is 0. The Morgan fingerprint density at radius 1 is 0.941 bits per heavy atom. The van der Waals surface area contributed by atoms with Crippen LogP contribution < -0.4 is 5.32 Å². The van der Waals surface area contributed by atoms with E-state index in [1.165, 1.54) is 38.5 Å². The first-order chi connectivity index (χ1) is 8.16. The SMILES string of the molecule is CCCCCCCCCCC(=O)NCC(=O)O. The first-order valence-electron chi connectivity index (χ1n) is 6.65. The Balaban J connectivity index is 3.16. The van der Waals surface area contributed by atoms with Gasteiger partial charge in [0.25, 0.3) is 0 Å². The zero-order valence-electron chi connectivity index (χ0n) is 10.8. The molecule has 17 heavy (non-hydrogen) atoms. The van der Waals surface area contributed by atoms with Gasteiger partial charge in [0.1, 0.15) is 6.54 Å². The summed E-state index contributed by atoms with van der Waals surface area (Å²) in [5, 5.41) is 10.7. The molecule has 4 heteroatoms. The number of hydrogen-bond donors (Lipinski definition) is 2. The van der Waals surface area contributed by atoms with Crippen LogP contribution in [0, 0.1) is 0 Å². The molecule has 0 aliphatic heterocycles. The molecule has 0 aliphatic carbocycles. The lowest BCUT2D eigenvalue weighted by Crippen LogP contribution is -2.28. The van der Waals surface area contributed by atoms with Crippen LogP contribution in [0.3, 0.4) is 0 Å². The fourth-order valence-electron chi connectivity index (χ4n) is 1.68. The van der Waals surface area contributed by atoms with Crippen LogP contribution in [0.2, 0.25) is 0 Å². The van der Waals surface area contributed by atoms with Gasteiger partial charge in [-0.05, 0) is 6.42 Å². The van der Waals surface area contributed by atoms with Gasteiger partial charge in [-0.3, -0.25) is 9.59 Å². The molecular formula is C13H25NO3. The van der Waals surface area contributed by atoms with Crippen molar-refractivity contribution in [1.29, 1.82) is 0 Å². The fraction of sp³-hybridized carbons (Fsp3) is 0.846. The maximum atomic E-state index is 11.1. The molecule has 0 saturated heterocycles. The van der Waals surface area contributed by atoms with Crippen molar-refractivity contribution in [2.75, 3.05) is 6.54 Å². The molecule has 0 unspecified atom stereocenters. The lowest BCUT2D eigenvalue weighted by molar-refractivity contribution is -0.137. The number of carboxylic acids is 1. The maximum Gasteiger partial charge on any atom is 0.322 e. The van der Waals surface area contributed by atoms with E-state index in [2.05, 4.69) is 12.2 Å². The van der Waals surface area contributed by atoms with Crippen LogP contribution in [0.15, 0.2) is 0 Å². The summed E-state index contributed by atoms with van der Waals surface area (Å²) < 4.78 is 0. The predicted molar refractivity (Wildman–Crippen MR) is 67.9 cm³/mol. The molecule has 4 nitrogen and oxygen atoms in total. The van der Waals surface area contributed by atoms with Crippen LogP contribution in [-0.2, 0) is 9.59 Å². The first-order valence-corrected chi connectivity index (χ1v) is 6.65. The predicted octanol–water partition coefficient (Wildman–Crippen LogP) is 2.72. The molecule has 0 heterocycles. The quantitative estimate of drug-likeness (QED) is 0.548. The van der Waals surface area contributed by atoms with Crippen molar-refractivity contribution in [2.24, 2.45) is 0 Å². The Kier molecular flexibility index (Phi) is 10.7. The second kappa shape index (κ2) is 11.4. The topological polar surface area (TPSA) is 66.4 Å². The summed E-state index contributed by atoms with van der Waals surface area (Å²) in [5.41, 5.74) is 0. The molecule has 0 spiro atoms. The standard InChI is InChI=1S/C13H25NO3/c1-2-3-4-5-6-7-8-9-10-12(15)14-11-13(16)17/h2-11H2,1H3,(H,14,15)(H,16,17). The molecule has 0 saturated carbocycles. The highest BCUT2D eigenvalue weighted by Crippen LogP contribution is 2.09. The van der Waals surface area contributed by atoms with Crippen LogP contribution in [0.25, 0.3) is 0 Å². The third kappa shape index (κ3) is 12.9. The number of unbranched alkanes of at least 4 members (excludes halogenated alkanes) is 7. The van der Waals surface area contributed by atoms with Gasteiger partial charge in [0.2, 0.25) is 5.91 Å². The van der Waals surface area contributed by atoms with Crippen molar-refractivity contribution in [2.45, 2.75) is 64.7 Å². The zero-order chi connectivity index (χ0) is 12.9. The summed E-state index contributed by atoms with van der Waals surface area (Å²) in [6, 6.07) is 0. The van der Waals surface area contributed by atoms with E-state index in [1.807, 2.05) is 0 Å². The molecule has 0 fully saturated rings. The van der Waals surface area contributed by atoms with Crippen LogP contribution in [0.5, 0.6) is 0 Å². The molecule has 0 aromatic carbocycles. The van der Waals surface area contributed by atoms with Gasteiger partial charge in [0, 0.05) is 6.42 Å². The summed E-state index contributed by atoms with van der Waals surface area (Å²) in [5.74, 6) is -1.15. The molecule has 0 aromatic rings. The number of rotatable bonds is 11. The van der Waals surface area contributed by atoms with E-state index < -0.39 is 5.97 Å². The molecule has 0 radical (unpaired) electrons. The maximum absolute atomic E-state index is 11.1. The van der Waals surface area contributed by atoms with Crippen molar-refractivity contribution in [3.8, 4) is 0 Å². The van der Waals surface area contributed by atoms with E-state index in [-0.39, 0.29) is 12.5 Å². The van der Waals surface area contributed by atoms with Crippen molar-refractivity contribution >= 4 is 11.9 Å². The zero-order valence-corrected chi connectivity index (χ0v) is 10.8. The second-order valence-corrected chi connectivity index (χ2v) is 4.40. The molecule has 2 N–H and O–H groups in total. The van der Waals surface area contributed by atoms with E-state index in [0.717, 1.165) is 12.8 Å². The van der Waals surface area contributed by atoms with Gasteiger partial charge in [0.05, 0.1) is 0 Å². The van der Waals surface area contributed by atoms with Gasteiger partial charge in [-0.1, -0.05) is 51.9 Å². The van der Waals surface area contributed by atoms with Gasteiger partial charge in [0.15, 0.2) is 0 Å². The Labute approximate surface area is 104 Å². The normalized spacial score (nSPS) is 10.2. The first kappa shape index (κ1) is 15.9. The fourth-order valence-corrected chi connectivity index (χ4v) is 1.68. The van der Waals surface area contributed by atoms with Crippen molar-refractivity contribution in [1.82, 2.24) is 5.32 Å². The highest BCUT2D eigenvalue weighted by molar-refractivity contribution is 5.80. The van der Waals surface area contributed by atoms with E-state index in [0.29, 0.717) is 6.42 Å². The Morgan fingerprint density at radius 3 is 2.00 bits per heavy atom. The highest BCUT2D eigenvalue weighted by atomic mass is 16.4. The molecule has 0 rings (SSSR count). The van der Waals surface area contributed by atoms with Crippen LogP contribution in [-0.4, -0.2) is 23.5 Å². The summed E-state index contributed by atoms with van der Waals surface area (Å²) in [6.45, 7) is 1.94. The Hall–Kier alpha value is -1.06. The van der Waals surface area contributed by atoms with E-state index in [4.69, 9.17) is 5.11 Å². The van der Waals surface area contributed by atoms with Crippen LogP contribution >= 0.6 is 0 Å². The average Bonchev–Trinajstić information content (AvgIpc) is 2.30. The minimum atomic E-state index is -0.991. The van der Waals surface area contributed by atoms with E-state index in [1.54, 1.807) is 0 Å². The second-order valence-electron chi connectivity index (χ2n) is 4.40. The number of amides is 1. The van der Waals surface area contributed by atoms with Crippen molar-refractivity contribution < 1.29 is 14.7 Å². The van der Waals surface area contributed by atoms with E-state index >= 15 is 0 Å². The number of carbonyl (C=O) groups is 2. The summed E-state index contributed by atoms with van der Waals surface area (Å²) >= 11 is 0. The van der Waals surface area contributed by atoms with Crippen molar-refractivity contribution in [3.63, 3.8) is 0 Å². The third-order valence-corrected chi connectivity index (χ3v) is 2.69. The molecule has 0 aliphatic rings. The number of hydrogen-bond acceptors (Lipinski definition) is 2. The highest BCUT2D eigenvalue weighted by Gasteiger charge is 2.02. The molecule has 0 bridgehead atoms. The summed E-state index contributed by atoms with van der Waals surface area (Å²) in [6.07, 6.45) is 9.98. The van der Waals surface area contributed by atoms with Gasteiger partial charge in [-0.15, -0.1) is 0 Å². The van der Waals surface area contributed by atoms with Crippen LogP contribution in [0.1, 0.15) is 64.7 Å². The number of aliphatic carboxylic acids is 1. The number of nitrogens with one attached hydrogen (secondary N) is 1.